The van der Waals surface area contributed by atoms with E-state index in [0.717, 1.165) is 41.3 Å². The number of hydrogen-bond acceptors (Lipinski definition) is 3. The highest BCUT2D eigenvalue weighted by molar-refractivity contribution is 7.12. The quantitative estimate of drug-likeness (QED) is 0.724. The molecule has 22 heavy (non-hydrogen) atoms. The lowest BCUT2D eigenvalue weighted by molar-refractivity contribution is 0.0737. The van der Waals surface area contributed by atoms with Gasteiger partial charge in [0.15, 0.2) is 0 Å². The fraction of sp³-hybridized carbons (Fsp3) is 0.294. The van der Waals surface area contributed by atoms with Crippen molar-refractivity contribution < 1.29 is 4.79 Å². The molecule has 112 valence electrons. The van der Waals surface area contributed by atoms with E-state index in [9.17, 15) is 4.79 Å². The second-order valence-corrected chi connectivity index (χ2v) is 6.64. The van der Waals surface area contributed by atoms with Gasteiger partial charge in [-0.15, -0.1) is 11.3 Å². The van der Waals surface area contributed by atoms with Gasteiger partial charge in [0.2, 0.25) is 0 Å². The number of imidazole rings is 1. The summed E-state index contributed by atoms with van der Waals surface area (Å²) in [5.74, 6) is 0.145. The number of fused-ring (bicyclic) bond motifs is 1. The molecule has 1 unspecified atom stereocenters. The summed E-state index contributed by atoms with van der Waals surface area (Å²) in [6.07, 6.45) is 4.11. The van der Waals surface area contributed by atoms with Crippen LogP contribution < -0.4 is 0 Å². The van der Waals surface area contributed by atoms with Gasteiger partial charge in [0, 0.05) is 18.4 Å². The van der Waals surface area contributed by atoms with Crippen molar-refractivity contribution in [2.45, 2.75) is 25.8 Å². The molecule has 5 heteroatoms. The number of hydrogen-bond donors (Lipinski definition) is 0. The van der Waals surface area contributed by atoms with Gasteiger partial charge in [-0.3, -0.25) is 4.79 Å². The van der Waals surface area contributed by atoms with E-state index in [2.05, 4.69) is 21.6 Å². The Labute approximate surface area is 133 Å². The Balaban J connectivity index is 1.75. The van der Waals surface area contributed by atoms with Gasteiger partial charge in [-0.05, 0) is 43.3 Å². The molecule has 4 nitrogen and oxygen atoms in total. The zero-order chi connectivity index (χ0) is 15.1. The first-order valence-corrected chi connectivity index (χ1v) is 8.41. The lowest BCUT2D eigenvalue weighted by atomic mass is 10.1. The van der Waals surface area contributed by atoms with E-state index in [0.29, 0.717) is 0 Å². The van der Waals surface area contributed by atoms with Crippen LogP contribution in [-0.2, 0) is 0 Å². The lowest BCUT2D eigenvalue weighted by Gasteiger charge is -2.25. The van der Waals surface area contributed by atoms with Crippen molar-refractivity contribution in [3.8, 4) is 0 Å². The Morgan fingerprint density at radius 1 is 1.32 bits per heavy atom. The summed E-state index contributed by atoms with van der Waals surface area (Å²) in [4.78, 5) is 20.1. The second-order valence-electron chi connectivity index (χ2n) is 5.70. The van der Waals surface area contributed by atoms with E-state index in [1.807, 2.05) is 41.5 Å². The van der Waals surface area contributed by atoms with Crippen LogP contribution in [0.15, 0.2) is 41.9 Å². The first-order valence-electron chi connectivity index (χ1n) is 7.53. The summed E-state index contributed by atoms with van der Waals surface area (Å²) in [6, 6.07) is 10.1. The Hall–Kier alpha value is -2.14. The normalized spacial score (nSPS) is 18.2. The van der Waals surface area contributed by atoms with Crippen LogP contribution >= 0.6 is 11.3 Å². The minimum atomic E-state index is 0.131. The molecule has 1 aliphatic rings. The number of thiophene rings is 1. The molecule has 1 atom stereocenters. The Morgan fingerprint density at radius 2 is 2.23 bits per heavy atom. The first-order chi connectivity index (χ1) is 10.7. The predicted molar refractivity (Wildman–Crippen MR) is 87.3 cm³/mol. The predicted octanol–water partition coefficient (Wildman–Crippen LogP) is 3.68. The van der Waals surface area contributed by atoms with Crippen LogP contribution in [0.25, 0.3) is 5.65 Å². The number of likely N-dealkylation sites (tertiary alicyclic amines) is 1. The van der Waals surface area contributed by atoms with Gasteiger partial charge in [0.1, 0.15) is 5.65 Å². The van der Waals surface area contributed by atoms with Crippen molar-refractivity contribution in [2.24, 2.45) is 0 Å². The molecule has 4 rings (SSSR count). The van der Waals surface area contributed by atoms with Crippen molar-refractivity contribution in [1.82, 2.24) is 14.3 Å². The van der Waals surface area contributed by atoms with E-state index >= 15 is 0 Å². The first kappa shape index (κ1) is 13.5. The molecule has 3 aromatic rings. The third-order valence-corrected chi connectivity index (χ3v) is 5.09. The van der Waals surface area contributed by atoms with Crippen molar-refractivity contribution in [3.05, 3.63) is 58.2 Å². The number of amides is 1. The standard InChI is InChI=1S/C17H17N3OS/c1-12-11-20-14(5-2-8-16(20)18-12)13-6-3-9-19(13)17(21)15-7-4-10-22-15/h2,4-5,7-8,10-11,13H,3,6,9H2,1H3. The molecule has 0 radical (unpaired) electrons. The third-order valence-electron chi connectivity index (χ3n) is 4.23. The van der Waals surface area contributed by atoms with E-state index in [4.69, 9.17) is 0 Å². The number of carbonyl (C=O) groups is 1. The highest BCUT2D eigenvalue weighted by Gasteiger charge is 2.32. The molecular formula is C17H17N3OS. The SMILES string of the molecule is Cc1cn2c(C3CCCN3C(=O)c3cccs3)cccc2n1. The maximum Gasteiger partial charge on any atom is 0.264 e. The van der Waals surface area contributed by atoms with Crippen LogP contribution in [-0.4, -0.2) is 26.7 Å². The van der Waals surface area contributed by atoms with Gasteiger partial charge in [-0.2, -0.15) is 0 Å². The molecular weight excluding hydrogens is 294 g/mol. The molecule has 1 aliphatic heterocycles. The van der Waals surface area contributed by atoms with E-state index in [1.165, 1.54) is 11.3 Å². The summed E-state index contributed by atoms with van der Waals surface area (Å²) in [6.45, 7) is 2.82. The number of carbonyl (C=O) groups excluding carboxylic acids is 1. The number of aryl methyl sites for hydroxylation is 1. The van der Waals surface area contributed by atoms with Gasteiger partial charge < -0.3 is 9.30 Å². The second kappa shape index (κ2) is 5.25. The van der Waals surface area contributed by atoms with E-state index in [-0.39, 0.29) is 11.9 Å². The van der Waals surface area contributed by atoms with Gasteiger partial charge in [0.05, 0.1) is 16.6 Å². The van der Waals surface area contributed by atoms with Crippen LogP contribution in [0.3, 0.4) is 0 Å². The summed E-state index contributed by atoms with van der Waals surface area (Å²) < 4.78 is 2.13. The highest BCUT2D eigenvalue weighted by atomic mass is 32.1. The van der Waals surface area contributed by atoms with Crippen molar-refractivity contribution >= 4 is 22.9 Å². The zero-order valence-corrected chi connectivity index (χ0v) is 13.2. The fourth-order valence-corrected chi connectivity index (χ4v) is 3.96. The fourth-order valence-electron chi connectivity index (χ4n) is 3.28. The maximum atomic E-state index is 12.7. The minimum Gasteiger partial charge on any atom is -0.329 e. The van der Waals surface area contributed by atoms with Gasteiger partial charge >= 0.3 is 0 Å². The molecule has 0 spiro atoms. The number of rotatable bonds is 2. The smallest absolute Gasteiger partial charge is 0.264 e. The van der Waals surface area contributed by atoms with Crippen molar-refractivity contribution in [3.63, 3.8) is 0 Å². The van der Waals surface area contributed by atoms with Gasteiger partial charge in [-0.25, -0.2) is 4.98 Å². The number of pyridine rings is 1. The number of nitrogens with zero attached hydrogens (tertiary/aromatic N) is 3. The van der Waals surface area contributed by atoms with Crippen molar-refractivity contribution in [2.75, 3.05) is 6.54 Å². The average molecular weight is 311 g/mol. The third kappa shape index (κ3) is 2.13. The van der Waals surface area contributed by atoms with Crippen molar-refractivity contribution in [1.29, 1.82) is 0 Å². The zero-order valence-electron chi connectivity index (χ0n) is 12.4. The summed E-state index contributed by atoms with van der Waals surface area (Å²) in [5.41, 5.74) is 3.10. The Bertz CT molecular complexity index is 822. The largest absolute Gasteiger partial charge is 0.329 e. The van der Waals surface area contributed by atoms with Crippen LogP contribution in [0.4, 0.5) is 0 Å². The molecule has 0 aromatic carbocycles. The molecule has 1 saturated heterocycles. The molecule has 0 saturated carbocycles. The topological polar surface area (TPSA) is 37.6 Å². The van der Waals surface area contributed by atoms with Crippen LogP contribution in [0.5, 0.6) is 0 Å². The average Bonchev–Trinajstić information content (AvgIpc) is 3.25. The molecule has 4 heterocycles. The maximum absolute atomic E-state index is 12.7. The number of aromatic nitrogens is 2. The Kier molecular flexibility index (Phi) is 3.22. The molecule has 0 aliphatic carbocycles. The van der Waals surface area contributed by atoms with Crippen LogP contribution in [0.1, 0.15) is 39.9 Å². The minimum absolute atomic E-state index is 0.131. The molecule has 3 aromatic heterocycles. The molecule has 0 bridgehead atoms. The summed E-state index contributed by atoms with van der Waals surface area (Å²) in [5, 5.41) is 1.96. The summed E-state index contributed by atoms with van der Waals surface area (Å²) >= 11 is 1.51. The lowest BCUT2D eigenvalue weighted by Crippen LogP contribution is -2.30. The van der Waals surface area contributed by atoms with Gasteiger partial charge in [-0.1, -0.05) is 12.1 Å². The molecule has 1 amide bonds. The Morgan fingerprint density at radius 3 is 3.05 bits per heavy atom. The van der Waals surface area contributed by atoms with E-state index < -0.39 is 0 Å². The molecule has 1 fully saturated rings. The monoisotopic (exact) mass is 311 g/mol. The summed E-state index contributed by atoms with van der Waals surface area (Å²) in [7, 11) is 0. The van der Waals surface area contributed by atoms with Crippen LogP contribution in [0.2, 0.25) is 0 Å². The highest BCUT2D eigenvalue weighted by Crippen LogP contribution is 2.34. The van der Waals surface area contributed by atoms with E-state index in [1.54, 1.807) is 0 Å². The van der Waals surface area contributed by atoms with Gasteiger partial charge in [0.25, 0.3) is 5.91 Å². The molecule has 0 N–H and O–H groups in total. The van der Waals surface area contributed by atoms with Crippen LogP contribution in [0, 0.1) is 6.92 Å².